The highest BCUT2D eigenvalue weighted by Gasteiger charge is 2.01. The van der Waals surface area contributed by atoms with Crippen LogP contribution in [0.15, 0.2) is 24.3 Å². The summed E-state index contributed by atoms with van der Waals surface area (Å²) in [5, 5.41) is 10.5. The largest absolute Gasteiger partial charge is 0.284 e. The Morgan fingerprint density at radius 1 is 1.38 bits per heavy atom. The molecule has 0 saturated heterocycles. The summed E-state index contributed by atoms with van der Waals surface area (Å²) in [6, 6.07) is 6.41. The lowest BCUT2D eigenvalue weighted by atomic mass is 10.2. The Morgan fingerprint density at radius 2 is 2.08 bits per heavy atom. The lowest BCUT2D eigenvalue weighted by Gasteiger charge is -2.03. The molecule has 0 saturated carbocycles. The predicted molar refractivity (Wildman–Crippen MR) is 49.3 cm³/mol. The van der Waals surface area contributed by atoms with E-state index in [2.05, 4.69) is 4.72 Å². The van der Waals surface area contributed by atoms with Gasteiger partial charge in [0.25, 0.3) is 0 Å². The van der Waals surface area contributed by atoms with Crippen molar-refractivity contribution in [3.8, 4) is 0 Å². The van der Waals surface area contributed by atoms with Gasteiger partial charge in [0.15, 0.2) is 0 Å². The molecular weight excluding hydrogens is 190 g/mol. The van der Waals surface area contributed by atoms with Gasteiger partial charge in [0.2, 0.25) is 10.0 Å². The highest BCUT2D eigenvalue weighted by atomic mass is 32.2. The lowest BCUT2D eigenvalue weighted by molar-refractivity contribution is 0.177. The third-order valence-corrected chi connectivity index (χ3v) is 2.00. The number of rotatable bonds is 3. The zero-order valence-corrected chi connectivity index (χ0v) is 7.97. The van der Waals surface area contributed by atoms with Crippen molar-refractivity contribution >= 4 is 15.7 Å². The first-order chi connectivity index (χ1) is 6.01. The van der Waals surface area contributed by atoms with Crippen molar-refractivity contribution in [1.82, 2.24) is 0 Å². The highest BCUT2D eigenvalue weighted by Crippen LogP contribution is 2.11. The van der Waals surface area contributed by atoms with Crippen LogP contribution in [0.1, 0.15) is 5.56 Å². The first-order valence-electron chi connectivity index (χ1n) is 3.66. The van der Waals surface area contributed by atoms with Gasteiger partial charge in [-0.1, -0.05) is 12.1 Å². The summed E-state index contributed by atoms with van der Waals surface area (Å²) in [5.74, 6) is 0. The Kier molecular flexibility index (Phi) is 2.90. The molecule has 1 radical (unpaired) electrons. The van der Waals surface area contributed by atoms with Gasteiger partial charge in [-0.3, -0.25) is 4.72 Å². The number of anilines is 1. The van der Waals surface area contributed by atoms with Crippen LogP contribution >= 0.6 is 0 Å². The number of sulfonamides is 1. The fraction of sp³-hybridized carbons (Fsp3) is 0.250. The van der Waals surface area contributed by atoms with Crippen LogP contribution in [-0.4, -0.2) is 14.7 Å². The van der Waals surface area contributed by atoms with E-state index >= 15 is 0 Å². The molecular formula is C8H10NO3S. The van der Waals surface area contributed by atoms with E-state index in [1.807, 2.05) is 0 Å². The summed E-state index contributed by atoms with van der Waals surface area (Å²) in [6.07, 6.45) is 1.07. The Labute approximate surface area is 77.3 Å². The summed E-state index contributed by atoms with van der Waals surface area (Å²) in [6.45, 7) is -0.348. The molecule has 0 unspecified atom stereocenters. The Bertz CT molecular complexity index is 386. The molecule has 0 aliphatic rings. The summed E-state index contributed by atoms with van der Waals surface area (Å²) < 4.78 is 23.9. The maximum absolute atomic E-state index is 10.8. The quantitative estimate of drug-likeness (QED) is 0.790. The summed E-state index contributed by atoms with van der Waals surface area (Å²) >= 11 is 0. The van der Waals surface area contributed by atoms with Crippen molar-refractivity contribution in [1.29, 1.82) is 0 Å². The van der Waals surface area contributed by atoms with E-state index in [0.29, 0.717) is 11.3 Å². The van der Waals surface area contributed by atoms with E-state index in [4.69, 9.17) is 0 Å². The molecule has 1 aromatic carbocycles. The molecule has 0 atom stereocenters. The number of hydrogen-bond donors (Lipinski definition) is 1. The van der Waals surface area contributed by atoms with E-state index in [0.717, 1.165) is 6.26 Å². The summed E-state index contributed by atoms with van der Waals surface area (Å²) in [5.41, 5.74) is 0.990. The smallest absolute Gasteiger partial charge is 0.229 e. The molecule has 5 heteroatoms. The average Bonchev–Trinajstić information content (AvgIpc) is 2.01. The molecule has 0 fully saturated rings. The molecule has 4 nitrogen and oxygen atoms in total. The third-order valence-electron chi connectivity index (χ3n) is 1.40. The minimum absolute atomic E-state index is 0.348. The van der Waals surface area contributed by atoms with Crippen LogP contribution in [0.25, 0.3) is 0 Å². The SMILES string of the molecule is CS(=O)(=O)Nc1cccc(C[O])c1. The molecule has 1 rings (SSSR count). The molecule has 0 spiro atoms. The molecule has 0 aliphatic carbocycles. The average molecular weight is 200 g/mol. The van der Waals surface area contributed by atoms with E-state index in [-0.39, 0.29) is 6.61 Å². The molecule has 0 aromatic heterocycles. The molecule has 1 N–H and O–H groups in total. The molecule has 0 amide bonds. The third kappa shape index (κ3) is 3.43. The fourth-order valence-electron chi connectivity index (χ4n) is 0.939. The molecule has 13 heavy (non-hydrogen) atoms. The van der Waals surface area contributed by atoms with E-state index in [1.54, 1.807) is 18.2 Å². The van der Waals surface area contributed by atoms with Crippen LogP contribution in [0.3, 0.4) is 0 Å². The minimum atomic E-state index is -3.25. The monoisotopic (exact) mass is 200 g/mol. The molecule has 0 heterocycles. The minimum Gasteiger partial charge on any atom is -0.284 e. The van der Waals surface area contributed by atoms with Gasteiger partial charge in [-0.15, -0.1) is 0 Å². The lowest BCUT2D eigenvalue weighted by Crippen LogP contribution is -2.09. The van der Waals surface area contributed by atoms with Gasteiger partial charge >= 0.3 is 0 Å². The second kappa shape index (κ2) is 3.76. The normalized spacial score (nSPS) is 11.2. The Hall–Kier alpha value is -1.07. The highest BCUT2D eigenvalue weighted by molar-refractivity contribution is 7.92. The predicted octanol–water partition coefficient (Wildman–Crippen LogP) is 0.989. The van der Waals surface area contributed by atoms with Gasteiger partial charge in [0.05, 0.1) is 6.26 Å². The standard InChI is InChI=1S/C8H10NO3S/c1-13(11,12)9-8-4-2-3-7(5-8)6-10/h2-5,9H,6H2,1H3. The van der Waals surface area contributed by atoms with Gasteiger partial charge in [0.1, 0.15) is 6.61 Å². The molecule has 1 aromatic rings. The summed E-state index contributed by atoms with van der Waals surface area (Å²) in [4.78, 5) is 0. The van der Waals surface area contributed by atoms with Crippen molar-refractivity contribution < 1.29 is 13.5 Å². The van der Waals surface area contributed by atoms with Crippen LogP contribution in [0.4, 0.5) is 5.69 Å². The van der Waals surface area contributed by atoms with Crippen molar-refractivity contribution in [3.63, 3.8) is 0 Å². The number of benzene rings is 1. The Balaban J connectivity index is 2.90. The second-order valence-corrected chi connectivity index (χ2v) is 4.47. The maximum atomic E-state index is 10.8. The van der Waals surface area contributed by atoms with Gasteiger partial charge in [-0.05, 0) is 17.7 Å². The zero-order valence-electron chi connectivity index (χ0n) is 7.15. The Morgan fingerprint density at radius 3 is 2.62 bits per heavy atom. The van der Waals surface area contributed by atoms with Crippen LogP contribution in [0.5, 0.6) is 0 Å². The number of nitrogens with one attached hydrogen (secondary N) is 1. The zero-order chi connectivity index (χ0) is 9.90. The van der Waals surface area contributed by atoms with Gasteiger partial charge < -0.3 is 0 Å². The fourth-order valence-corrected chi connectivity index (χ4v) is 1.49. The van der Waals surface area contributed by atoms with E-state index < -0.39 is 10.0 Å². The van der Waals surface area contributed by atoms with Crippen molar-refractivity contribution in [2.45, 2.75) is 6.61 Å². The topological polar surface area (TPSA) is 66.1 Å². The van der Waals surface area contributed by atoms with Crippen molar-refractivity contribution in [2.75, 3.05) is 11.0 Å². The van der Waals surface area contributed by atoms with Crippen LogP contribution < -0.4 is 4.72 Å². The first-order valence-corrected chi connectivity index (χ1v) is 5.55. The second-order valence-electron chi connectivity index (χ2n) is 2.72. The van der Waals surface area contributed by atoms with Crippen molar-refractivity contribution in [3.05, 3.63) is 29.8 Å². The van der Waals surface area contributed by atoms with Crippen LogP contribution in [-0.2, 0) is 21.7 Å². The first kappa shape index (κ1) is 10.0. The number of hydrogen-bond acceptors (Lipinski definition) is 2. The van der Waals surface area contributed by atoms with Crippen LogP contribution in [0, 0.1) is 0 Å². The maximum Gasteiger partial charge on any atom is 0.229 e. The molecule has 0 bridgehead atoms. The van der Waals surface area contributed by atoms with Crippen molar-refractivity contribution in [2.24, 2.45) is 0 Å². The van der Waals surface area contributed by atoms with E-state index in [1.165, 1.54) is 6.07 Å². The van der Waals surface area contributed by atoms with Gasteiger partial charge in [-0.25, -0.2) is 13.5 Å². The molecule has 71 valence electrons. The summed E-state index contributed by atoms with van der Waals surface area (Å²) in [7, 11) is -3.25. The van der Waals surface area contributed by atoms with E-state index in [9.17, 15) is 13.5 Å². The van der Waals surface area contributed by atoms with Gasteiger partial charge in [0, 0.05) is 5.69 Å². The molecule has 0 aliphatic heterocycles. The van der Waals surface area contributed by atoms with Crippen LogP contribution in [0.2, 0.25) is 0 Å². The van der Waals surface area contributed by atoms with Gasteiger partial charge in [-0.2, -0.15) is 0 Å².